The predicted molar refractivity (Wildman–Crippen MR) is 187 cm³/mol. The molecule has 0 amide bonds. The second-order valence-electron chi connectivity index (χ2n) is 10.2. The summed E-state index contributed by atoms with van der Waals surface area (Å²) in [5.41, 5.74) is 3.48. The van der Waals surface area contributed by atoms with E-state index in [0.717, 1.165) is 50.9 Å². The molecular formula is C32H22ClN4O3PS4. The van der Waals surface area contributed by atoms with Crippen molar-refractivity contribution in [2.75, 3.05) is 0 Å². The minimum atomic E-state index is -4.21. The zero-order chi connectivity index (χ0) is 30.4. The van der Waals surface area contributed by atoms with Crippen LogP contribution in [0.25, 0.3) is 40.9 Å². The third-order valence-electron chi connectivity index (χ3n) is 7.07. The number of benzene rings is 4. The van der Waals surface area contributed by atoms with Crippen molar-refractivity contribution in [1.82, 2.24) is 19.9 Å². The van der Waals surface area contributed by atoms with E-state index in [4.69, 9.17) is 40.2 Å². The number of rotatable bonds is 10. The highest BCUT2D eigenvalue weighted by molar-refractivity contribution is 7.81. The van der Waals surface area contributed by atoms with Crippen LogP contribution in [0.15, 0.2) is 97.1 Å². The van der Waals surface area contributed by atoms with Gasteiger partial charge in [-0.05, 0) is 48.5 Å². The maximum Gasteiger partial charge on any atom is 0.425 e. The molecule has 0 aliphatic rings. The quantitative estimate of drug-likeness (QED) is 0.131. The summed E-state index contributed by atoms with van der Waals surface area (Å²) in [7, 11) is 0. The summed E-state index contributed by atoms with van der Waals surface area (Å²) in [5, 5.41) is 2.97. The van der Waals surface area contributed by atoms with Gasteiger partial charge in [-0.2, -0.15) is 0 Å². The van der Waals surface area contributed by atoms with Crippen LogP contribution in [0, 0.1) is 0 Å². The maximum absolute atomic E-state index is 14.2. The average Bonchev–Trinajstić information content (AvgIpc) is 3.83. The molecule has 0 saturated carbocycles. The second-order valence-corrected chi connectivity index (χ2v) is 17.1. The Hall–Kier alpha value is -3.12. The second kappa shape index (κ2) is 12.2. The molecule has 8 rings (SSSR count). The molecule has 0 aliphatic carbocycles. The van der Waals surface area contributed by atoms with E-state index >= 15 is 0 Å². The number of hydrogen-bond donors (Lipinski definition) is 0. The molecule has 0 fully saturated rings. The number of nitrogens with zero attached hydrogens (tertiary/aromatic N) is 4. The van der Waals surface area contributed by atoms with Gasteiger partial charge in [0.05, 0.1) is 50.9 Å². The first kappa shape index (κ1) is 29.3. The summed E-state index contributed by atoms with van der Waals surface area (Å²) in [6.07, 6.45) is -0.819. The maximum atomic E-state index is 14.2. The summed E-state index contributed by atoms with van der Waals surface area (Å²) in [6, 6.07) is 31.6. The molecule has 0 radical (unpaired) electrons. The van der Waals surface area contributed by atoms with Gasteiger partial charge in [-0.15, -0.1) is 45.3 Å². The van der Waals surface area contributed by atoms with Crippen LogP contribution in [0.1, 0.15) is 32.2 Å². The fourth-order valence-electron chi connectivity index (χ4n) is 5.06. The third kappa shape index (κ3) is 6.32. The highest BCUT2D eigenvalue weighted by atomic mass is 35.7. The average molecular weight is 705 g/mol. The van der Waals surface area contributed by atoms with Gasteiger partial charge in [0.25, 0.3) is 0 Å². The number of fused-ring (bicyclic) bond motifs is 4. The predicted octanol–water partition coefficient (Wildman–Crippen LogP) is 10.8. The van der Waals surface area contributed by atoms with E-state index in [1.54, 1.807) is 22.7 Å². The lowest BCUT2D eigenvalue weighted by Gasteiger charge is -2.22. The number of halogens is 1. The van der Waals surface area contributed by atoms with Crippen LogP contribution >= 0.6 is 63.5 Å². The molecule has 4 heterocycles. The van der Waals surface area contributed by atoms with Crippen LogP contribution in [0.5, 0.6) is 0 Å². The van der Waals surface area contributed by atoms with E-state index in [2.05, 4.69) is 0 Å². The minimum Gasteiger partial charge on any atom is -0.286 e. The number of hydrogen-bond acceptors (Lipinski definition) is 11. The van der Waals surface area contributed by atoms with Crippen molar-refractivity contribution in [3.05, 3.63) is 117 Å². The molecule has 0 spiro atoms. The molecule has 0 bridgehead atoms. The Morgan fingerprint density at radius 2 is 0.867 bits per heavy atom. The van der Waals surface area contributed by atoms with Crippen LogP contribution in [-0.2, 0) is 26.5 Å². The third-order valence-corrected chi connectivity index (χ3v) is 12.9. The molecule has 0 aliphatic heterocycles. The summed E-state index contributed by atoms with van der Waals surface area (Å²) < 4.78 is 30.8. The molecule has 4 aromatic carbocycles. The normalized spacial score (nSPS) is 14.8. The molecule has 0 saturated heterocycles. The van der Waals surface area contributed by atoms with Gasteiger partial charge in [-0.3, -0.25) is 9.05 Å². The van der Waals surface area contributed by atoms with Crippen LogP contribution in [0.4, 0.5) is 0 Å². The lowest BCUT2D eigenvalue weighted by molar-refractivity contribution is 0.123. The fourth-order valence-corrected chi connectivity index (χ4v) is 10.8. The fraction of sp³-hybridized carbons (Fsp3) is 0.125. The Balaban J connectivity index is 1.13. The van der Waals surface area contributed by atoms with Crippen LogP contribution < -0.4 is 0 Å². The van der Waals surface area contributed by atoms with Crippen LogP contribution in [-0.4, -0.2) is 19.9 Å². The van der Waals surface area contributed by atoms with Gasteiger partial charge in [-0.25, -0.2) is 24.5 Å². The molecule has 224 valence electrons. The topological polar surface area (TPSA) is 87.1 Å². The van der Waals surface area contributed by atoms with Crippen molar-refractivity contribution in [2.45, 2.75) is 25.0 Å². The van der Waals surface area contributed by atoms with E-state index in [1.807, 2.05) is 97.1 Å². The molecule has 13 heteroatoms. The number of para-hydroxylation sites is 4. The van der Waals surface area contributed by atoms with E-state index in [0.29, 0.717) is 22.9 Å². The minimum absolute atomic E-state index is 0.336. The summed E-state index contributed by atoms with van der Waals surface area (Å²) in [6.45, 7) is -4.21. The van der Waals surface area contributed by atoms with Gasteiger partial charge >= 0.3 is 6.95 Å². The van der Waals surface area contributed by atoms with Gasteiger partial charge in [-0.1, -0.05) is 48.5 Å². The monoisotopic (exact) mass is 704 g/mol. The first-order valence-corrected chi connectivity index (χ1v) is 19.7. The molecule has 2 unspecified atom stereocenters. The Bertz CT molecular complexity index is 2060. The highest BCUT2D eigenvalue weighted by Gasteiger charge is 2.35. The highest BCUT2D eigenvalue weighted by Crippen LogP contribution is 2.61. The van der Waals surface area contributed by atoms with E-state index < -0.39 is 19.2 Å². The molecule has 8 aromatic rings. The van der Waals surface area contributed by atoms with Gasteiger partial charge < -0.3 is 0 Å². The molecule has 45 heavy (non-hydrogen) atoms. The first-order valence-electron chi connectivity index (χ1n) is 14.0. The van der Waals surface area contributed by atoms with E-state index in [-0.39, 0.29) is 0 Å². The Morgan fingerprint density at radius 1 is 0.533 bits per heavy atom. The van der Waals surface area contributed by atoms with Crippen LogP contribution in [0.2, 0.25) is 0 Å². The lowest BCUT2D eigenvalue weighted by atomic mass is 10.2. The lowest BCUT2D eigenvalue weighted by Crippen LogP contribution is -2.10. The van der Waals surface area contributed by atoms with Gasteiger partial charge in [0.2, 0.25) is 0 Å². The van der Waals surface area contributed by atoms with Crippen LogP contribution in [0.3, 0.4) is 0 Å². The number of thiazole rings is 4. The SMILES string of the molecule is O=P(Cl)(OC(Cc1nc2ccccc2s1)c1nc2ccccc2s1)OC(Cc1nc2ccccc2s1)c1nc2ccccc2s1. The Morgan fingerprint density at radius 3 is 1.22 bits per heavy atom. The van der Waals surface area contributed by atoms with Crippen molar-refractivity contribution in [3.63, 3.8) is 0 Å². The smallest absolute Gasteiger partial charge is 0.286 e. The first-order chi connectivity index (χ1) is 22.0. The van der Waals surface area contributed by atoms with Crippen molar-refractivity contribution in [2.24, 2.45) is 0 Å². The van der Waals surface area contributed by atoms with Gasteiger partial charge in [0, 0.05) is 24.1 Å². The standard InChI is InChI=1S/C32H22ClN4O3PS4/c33-41(38,39-23(31-36-21-11-3-7-15-27(21)44-31)17-29-34-19-9-1-5-13-25(19)42-29)40-24(32-37-22-12-4-8-16-28(22)45-32)18-30-35-20-10-2-6-14-26(20)43-30/h1-16,23-24H,17-18H2. The summed E-state index contributed by atoms with van der Waals surface area (Å²) in [4.78, 5) is 19.2. The number of aromatic nitrogens is 4. The zero-order valence-electron chi connectivity index (χ0n) is 23.3. The molecule has 7 nitrogen and oxygen atoms in total. The Kier molecular flexibility index (Phi) is 7.97. The Labute approximate surface area is 278 Å². The van der Waals surface area contributed by atoms with Gasteiger partial charge in [0.15, 0.2) is 0 Å². The molecule has 4 aromatic heterocycles. The molecule has 0 N–H and O–H groups in total. The van der Waals surface area contributed by atoms with Crippen molar-refractivity contribution < 1.29 is 13.6 Å². The van der Waals surface area contributed by atoms with Crippen molar-refractivity contribution in [1.29, 1.82) is 0 Å². The van der Waals surface area contributed by atoms with Gasteiger partial charge in [0.1, 0.15) is 22.2 Å². The molecule has 2 atom stereocenters. The zero-order valence-corrected chi connectivity index (χ0v) is 28.2. The van der Waals surface area contributed by atoms with Crippen molar-refractivity contribution in [3.8, 4) is 0 Å². The van der Waals surface area contributed by atoms with E-state index in [1.165, 1.54) is 22.7 Å². The summed E-state index contributed by atoms with van der Waals surface area (Å²) in [5.74, 6) is 0. The summed E-state index contributed by atoms with van der Waals surface area (Å²) >= 11 is 12.8. The largest absolute Gasteiger partial charge is 0.425 e. The molecular weight excluding hydrogens is 683 g/mol. The van der Waals surface area contributed by atoms with E-state index in [9.17, 15) is 4.57 Å². The van der Waals surface area contributed by atoms with Crippen molar-refractivity contribution >= 4 is 104 Å².